The Bertz CT molecular complexity index is 1830. The quantitative estimate of drug-likeness (QED) is 0.279. The summed E-state index contributed by atoms with van der Waals surface area (Å²) < 4.78 is 28.6. The lowest BCUT2D eigenvalue weighted by Gasteiger charge is -2.12. The fourth-order valence-electron chi connectivity index (χ4n) is 4.38. The van der Waals surface area contributed by atoms with Crippen LogP contribution in [0.4, 0.5) is 0 Å². The second kappa shape index (κ2) is 9.58. The fourth-order valence-corrected chi connectivity index (χ4v) is 5.43. The molecule has 0 amide bonds. The molecule has 0 aliphatic heterocycles. The number of rotatable bonds is 6. The standard InChI is InChI=1S/C31H23N3O2S/c35-37(36,27-19-18-23-8-4-5-11-26(23)20-27)32-21-22-14-16-25(17-15-22)31-30(24-9-2-1-3-10-24)33-28-12-6-7-13-29(28)34-31/h1-20,32H,21H2. The van der Waals surface area contributed by atoms with Gasteiger partial charge in [-0.3, -0.25) is 0 Å². The number of benzene rings is 5. The van der Waals surface area contributed by atoms with E-state index < -0.39 is 10.0 Å². The SMILES string of the molecule is O=S(=O)(NCc1ccc(-c2nc3ccccc3nc2-c2ccccc2)cc1)c1ccc2ccccc2c1. The van der Waals surface area contributed by atoms with Crippen LogP contribution in [0.25, 0.3) is 44.3 Å². The van der Waals surface area contributed by atoms with Gasteiger partial charge in [-0.05, 0) is 40.6 Å². The minimum Gasteiger partial charge on any atom is -0.244 e. The number of para-hydroxylation sites is 2. The third-order valence-electron chi connectivity index (χ3n) is 6.34. The monoisotopic (exact) mass is 501 g/mol. The molecule has 6 heteroatoms. The van der Waals surface area contributed by atoms with Gasteiger partial charge in [-0.1, -0.05) is 97.1 Å². The van der Waals surface area contributed by atoms with Gasteiger partial charge >= 0.3 is 0 Å². The van der Waals surface area contributed by atoms with E-state index in [0.717, 1.165) is 49.9 Å². The molecule has 0 radical (unpaired) electrons. The van der Waals surface area contributed by atoms with Crippen molar-refractivity contribution in [1.29, 1.82) is 0 Å². The van der Waals surface area contributed by atoms with Crippen molar-refractivity contribution in [2.24, 2.45) is 0 Å². The average Bonchev–Trinajstić information content (AvgIpc) is 2.96. The first-order valence-corrected chi connectivity index (χ1v) is 13.5. The normalized spacial score (nSPS) is 11.7. The van der Waals surface area contributed by atoms with Gasteiger partial charge in [0.25, 0.3) is 0 Å². The highest BCUT2D eigenvalue weighted by atomic mass is 32.2. The molecule has 1 N–H and O–H groups in total. The van der Waals surface area contributed by atoms with Crippen LogP contribution in [0.3, 0.4) is 0 Å². The van der Waals surface area contributed by atoms with E-state index >= 15 is 0 Å². The highest BCUT2D eigenvalue weighted by Crippen LogP contribution is 2.31. The average molecular weight is 502 g/mol. The second-order valence-corrected chi connectivity index (χ2v) is 10.6. The molecule has 6 aromatic rings. The van der Waals surface area contributed by atoms with Gasteiger partial charge in [0.05, 0.1) is 27.3 Å². The molecule has 37 heavy (non-hydrogen) atoms. The number of fused-ring (bicyclic) bond motifs is 2. The van der Waals surface area contributed by atoms with Gasteiger partial charge in [0.1, 0.15) is 0 Å². The Morgan fingerprint density at radius 1 is 0.568 bits per heavy atom. The lowest BCUT2D eigenvalue weighted by molar-refractivity contribution is 0.581. The maximum absolute atomic E-state index is 12.9. The zero-order valence-corrected chi connectivity index (χ0v) is 20.7. The van der Waals surface area contributed by atoms with Gasteiger partial charge < -0.3 is 0 Å². The number of aromatic nitrogens is 2. The lowest BCUT2D eigenvalue weighted by Crippen LogP contribution is -2.23. The van der Waals surface area contributed by atoms with Crippen LogP contribution in [-0.2, 0) is 16.6 Å². The second-order valence-electron chi connectivity index (χ2n) is 8.81. The van der Waals surface area contributed by atoms with E-state index in [-0.39, 0.29) is 11.4 Å². The first-order chi connectivity index (χ1) is 18.1. The van der Waals surface area contributed by atoms with Crippen LogP contribution in [0.15, 0.2) is 126 Å². The molecule has 0 aliphatic rings. The number of sulfonamides is 1. The van der Waals surface area contributed by atoms with Gasteiger partial charge in [-0.2, -0.15) is 0 Å². The smallest absolute Gasteiger partial charge is 0.240 e. The zero-order valence-electron chi connectivity index (χ0n) is 19.9. The molecule has 0 aliphatic carbocycles. The Morgan fingerprint density at radius 2 is 1.14 bits per heavy atom. The minimum absolute atomic E-state index is 0.185. The molecule has 0 atom stereocenters. The van der Waals surface area contributed by atoms with E-state index in [4.69, 9.17) is 9.97 Å². The molecule has 0 bridgehead atoms. The van der Waals surface area contributed by atoms with Crippen molar-refractivity contribution >= 4 is 31.8 Å². The van der Waals surface area contributed by atoms with Crippen molar-refractivity contribution in [3.63, 3.8) is 0 Å². The molecule has 0 saturated heterocycles. The highest BCUT2D eigenvalue weighted by molar-refractivity contribution is 7.89. The Morgan fingerprint density at radius 3 is 1.81 bits per heavy atom. The molecular weight excluding hydrogens is 478 g/mol. The summed E-state index contributed by atoms with van der Waals surface area (Å²) in [6.07, 6.45) is 0. The summed E-state index contributed by atoms with van der Waals surface area (Å²) in [4.78, 5) is 10.1. The fraction of sp³-hybridized carbons (Fsp3) is 0.0323. The summed E-state index contributed by atoms with van der Waals surface area (Å²) in [5, 5.41) is 1.89. The molecule has 5 nitrogen and oxygen atoms in total. The topological polar surface area (TPSA) is 72.0 Å². The third-order valence-corrected chi connectivity index (χ3v) is 7.74. The maximum atomic E-state index is 12.9. The van der Waals surface area contributed by atoms with Gasteiger partial charge in [-0.25, -0.2) is 23.1 Å². The Labute approximate surface area is 215 Å². The van der Waals surface area contributed by atoms with Crippen LogP contribution in [0, 0.1) is 0 Å². The zero-order chi connectivity index (χ0) is 25.2. The van der Waals surface area contributed by atoms with Crippen LogP contribution in [0.1, 0.15) is 5.56 Å². The molecule has 1 aromatic heterocycles. The lowest BCUT2D eigenvalue weighted by atomic mass is 10.0. The van der Waals surface area contributed by atoms with Crippen LogP contribution < -0.4 is 4.72 Å². The molecule has 0 spiro atoms. The van der Waals surface area contributed by atoms with Gasteiger partial charge in [0.2, 0.25) is 10.0 Å². The highest BCUT2D eigenvalue weighted by Gasteiger charge is 2.16. The number of hydrogen-bond acceptors (Lipinski definition) is 4. The van der Waals surface area contributed by atoms with E-state index in [0.29, 0.717) is 0 Å². The first kappa shape index (κ1) is 23.0. The predicted octanol–water partition coefficient (Wildman–Crippen LogP) is 6.60. The summed E-state index contributed by atoms with van der Waals surface area (Å²) in [6.45, 7) is 0.185. The molecule has 0 fully saturated rings. The van der Waals surface area contributed by atoms with Crippen LogP contribution >= 0.6 is 0 Å². The van der Waals surface area contributed by atoms with E-state index in [2.05, 4.69) is 4.72 Å². The molecule has 1 heterocycles. The van der Waals surface area contributed by atoms with Crippen LogP contribution in [0.2, 0.25) is 0 Å². The summed E-state index contributed by atoms with van der Waals surface area (Å²) in [5.41, 5.74) is 6.01. The largest absolute Gasteiger partial charge is 0.244 e. The molecule has 180 valence electrons. The molecule has 5 aromatic carbocycles. The summed E-state index contributed by atoms with van der Waals surface area (Å²) in [6, 6.07) is 38.5. The van der Waals surface area contributed by atoms with E-state index in [9.17, 15) is 8.42 Å². The Kier molecular flexibility index (Phi) is 5.96. The van der Waals surface area contributed by atoms with Crippen LogP contribution in [0.5, 0.6) is 0 Å². The van der Waals surface area contributed by atoms with Crippen molar-refractivity contribution in [2.45, 2.75) is 11.4 Å². The Balaban J connectivity index is 1.28. The minimum atomic E-state index is -3.65. The Hall–Kier alpha value is -4.39. The summed E-state index contributed by atoms with van der Waals surface area (Å²) >= 11 is 0. The van der Waals surface area contributed by atoms with Crippen molar-refractivity contribution in [3.8, 4) is 22.5 Å². The number of nitrogens with one attached hydrogen (secondary N) is 1. The predicted molar refractivity (Wildman–Crippen MR) is 148 cm³/mol. The van der Waals surface area contributed by atoms with E-state index in [1.165, 1.54) is 0 Å². The molecule has 0 saturated carbocycles. The molecular formula is C31H23N3O2S. The van der Waals surface area contributed by atoms with Crippen molar-refractivity contribution in [3.05, 3.63) is 127 Å². The van der Waals surface area contributed by atoms with Crippen LogP contribution in [-0.4, -0.2) is 18.4 Å². The van der Waals surface area contributed by atoms with Crippen molar-refractivity contribution in [2.75, 3.05) is 0 Å². The van der Waals surface area contributed by atoms with E-state index in [1.54, 1.807) is 12.1 Å². The first-order valence-electron chi connectivity index (χ1n) is 12.0. The van der Waals surface area contributed by atoms with Crippen molar-refractivity contribution < 1.29 is 8.42 Å². The number of nitrogens with zero attached hydrogens (tertiary/aromatic N) is 2. The molecule has 0 unspecified atom stereocenters. The third kappa shape index (κ3) is 4.72. The number of hydrogen-bond donors (Lipinski definition) is 1. The van der Waals surface area contributed by atoms with Gasteiger partial charge in [-0.15, -0.1) is 0 Å². The maximum Gasteiger partial charge on any atom is 0.240 e. The molecule has 6 rings (SSSR count). The summed E-state index contributed by atoms with van der Waals surface area (Å²) in [5.74, 6) is 0. The van der Waals surface area contributed by atoms with Gasteiger partial charge in [0.15, 0.2) is 0 Å². The van der Waals surface area contributed by atoms with E-state index in [1.807, 2.05) is 109 Å². The van der Waals surface area contributed by atoms with Gasteiger partial charge in [0, 0.05) is 17.7 Å². The summed E-state index contributed by atoms with van der Waals surface area (Å²) in [7, 11) is -3.65. The van der Waals surface area contributed by atoms with Crippen molar-refractivity contribution in [1.82, 2.24) is 14.7 Å².